The highest BCUT2D eigenvalue weighted by molar-refractivity contribution is 5.94. The molecule has 0 bridgehead atoms. The largest absolute Gasteiger partial charge is 0.492 e. The van der Waals surface area contributed by atoms with Crippen molar-refractivity contribution in [2.45, 2.75) is 13.5 Å². The van der Waals surface area contributed by atoms with Gasteiger partial charge in [0.2, 0.25) is 0 Å². The first-order valence-electron chi connectivity index (χ1n) is 11.9. The number of rotatable bonds is 6. The number of hydrogen-bond acceptors (Lipinski definition) is 5. The van der Waals surface area contributed by atoms with Crippen molar-refractivity contribution < 1.29 is 9.53 Å². The Morgan fingerprint density at radius 1 is 0.886 bits per heavy atom. The summed E-state index contributed by atoms with van der Waals surface area (Å²) in [5.74, 6) is 1.36. The van der Waals surface area contributed by atoms with Gasteiger partial charge in [0.25, 0.3) is 11.5 Å². The van der Waals surface area contributed by atoms with Gasteiger partial charge in [-0.2, -0.15) is 0 Å². The standard InChI is InChI=1S/C28H28N4O3/c1-2-35-25-15-9-8-14-24(25)32-26(29-23-13-7-6-12-22(23)28(32)34)20-30-16-18-31(19-17-30)27(33)21-10-4-3-5-11-21/h3-15H,2,16-20H2,1H3. The van der Waals surface area contributed by atoms with Gasteiger partial charge in [0.1, 0.15) is 11.6 Å². The summed E-state index contributed by atoms with van der Waals surface area (Å²) in [7, 11) is 0. The summed E-state index contributed by atoms with van der Waals surface area (Å²) < 4.78 is 7.52. The second-order valence-corrected chi connectivity index (χ2v) is 8.52. The van der Waals surface area contributed by atoms with E-state index in [0.717, 1.165) is 0 Å². The Labute approximate surface area is 204 Å². The molecule has 5 rings (SSSR count). The molecule has 1 amide bonds. The van der Waals surface area contributed by atoms with E-state index in [4.69, 9.17) is 9.72 Å². The first-order chi connectivity index (χ1) is 17.2. The van der Waals surface area contributed by atoms with Gasteiger partial charge in [-0.15, -0.1) is 0 Å². The Morgan fingerprint density at radius 3 is 2.34 bits per heavy atom. The van der Waals surface area contributed by atoms with Gasteiger partial charge in [-0.3, -0.25) is 19.1 Å². The van der Waals surface area contributed by atoms with Crippen LogP contribution in [0.5, 0.6) is 5.75 Å². The van der Waals surface area contributed by atoms with Gasteiger partial charge in [0.15, 0.2) is 0 Å². The third kappa shape index (κ3) is 4.68. The average Bonchev–Trinajstić information content (AvgIpc) is 2.90. The highest BCUT2D eigenvalue weighted by Gasteiger charge is 2.24. The van der Waals surface area contributed by atoms with Crippen molar-refractivity contribution in [2.24, 2.45) is 0 Å². The number of piperazine rings is 1. The lowest BCUT2D eigenvalue weighted by Crippen LogP contribution is -2.48. The van der Waals surface area contributed by atoms with E-state index in [1.165, 1.54) is 0 Å². The molecule has 7 nitrogen and oxygen atoms in total. The topological polar surface area (TPSA) is 67.7 Å². The lowest BCUT2D eigenvalue weighted by Gasteiger charge is -2.35. The van der Waals surface area contributed by atoms with E-state index in [1.54, 1.807) is 4.57 Å². The molecule has 0 spiro atoms. The van der Waals surface area contributed by atoms with Crippen molar-refractivity contribution in [3.63, 3.8) is 0 Å². The van der Waals surface area contributed by atoms with E-state index < -0.39 is 0 Å². The molecule has 0 N–H and O–H groups in total. The van der Waals surface area contributed by atoms with Crippen molar-refractivity contribution >= 4 is 16.8 Å². The fourth-order valence-corrected chi connectivity index (χ4v) is 4.53. The van der Waals surface area contributed by atoms with Crippen LogP contribution in [0.3, 0.4) is 0 Å². The molecule has 1 aromatic heterocycles. The first-order valence-corrected chi connectivity index (χ1v) is 11.9. The summed E-state index contributed by atoms with van der Waals surface area (Å²) in [5, 5.41) is 0.570. The molecular formula is C28H28N4O3. The lowest BCUT2D eigenvalue weighted by molar-refractivity contribution is 0.0624. The number of para-hydroxylation sites is 3. The molecule has 178 valence electrons. The number of amides is 1. The van der Waals surface area contributed by atoms with Crippen LogP contribution < -0.4 is 10.3 Å². The van der Waals surface area contributed by atoms with Gasteiger partial charge >= 0.3 is 0 Å². The second kappa shape index (κ2) is 10.1. The summed E-state index contributed by atoms with van der Waals surface area (Å²) >= 11 is 0. The molecule has 1 aliphatic heterocycles. The number of ether oxygens (including phenoxy) is 1. The summed E-state index contributed by atoms with van der Waals surface area (Å²) in [6, 6.07) is 24.4. The Morgan fingerprint density at radius 2 is 1.57 bits per heavy atom. The lowest BCUT2D eigenvalue weighted by atomic mass is 10.2. The van der Waals surface area contributed by atoms with Crippen LogP contribution in [0.15, 0.2) is 83.7 Å². The van der Waals surface area contributed by atoms with Gasteiger partial charge in [-0.25, -0.2) is 4.98 Å². The summed E-state index contributed by atoms with van der Waals surface area (Å²) in [4.78, 5) is 35.5. The van der Waals surface area contributed by atoms with Crippen LogP contribution in [-0.2, 0) is 6.54 Å². The fraction of sp³-hybridized carbons (Fsp3) is 0.250. The maximum absolute atomic E-state index is 13.6. The number of hydrogen-bond donors (Lipinski definition) is 0. The molecule has 3 aromatic carbocycles. The molecule has 7 heteroatoms. The van der Waals surface area contributed by atoms with Crippen molar-refractivity contribution in [1.29, 1.82) is 0 Å². The number of fused-ring (bicyclic) bond motifs is 1. The van der Waals surface area contributed by atoms with Gasteiger partial charge in [-0.05, 0) is 43.3 Å². The minimum atomic E-state index is -0.115. The monoisotopic (exact) mass is 468 g/mol. The summed E-state index contributed by atoms with van der Waals surface area (Å²) in [6.07, 6.45) is 0. The Balaban J connectivity index is 1.44. The van der Waals surface area contributed by atoms with Crippen LogP contribution in [-0.4, -0.2) is 58.0 Å². The van der Waals surface area contributed by atoms with Gasteiger partial charge in [0, 0.05) is 31.7 Å². The molecule has 0 radical (unpaired) electrons. The number of carbonyl (C=O) groups excluding carboxylic acids is 1. The maximum atomic E-state index is 13.6. The van der Waals surface area contributed by atoms with E-state index in [9.17, 15) is 9.59 Å². The van der Waals surface area contributed by atoms with E-state index in [-0.39, 0.29) is 11.5 Å². The smallest absolute Gasteiger partial charge is 0.266 e. The molecule has 1 aliphatic rings. The Kier molecular flexibility index (Phi) is 6.59. The zero-order valence-electron chi connectivity index (χ0n) is 19.8. The van der Waals surface area contributed by atoms with E-state index >= 15 is 0 Å². The van der Waals surface area contributed by atoms with Gasteiger partial charge < -0.3 is 9.64 Å². The van der Waals surface area contributed by atoms with Crippen LogP contribution in [0.4, 0.5) is 0 Å². The van der Waals surface area contributed by atoms with Crippen molar-refractivity contribution in [3.8, 4) is 11.4 Å². The van der Waals surface area contributed by atoms with Gasteiger partial charge in [-0.1, -0.05) is 42.5 Å². The first kappa shape index (κ1) is 22.8. The molecule has 1 fully saturated rings. The molecule has 0 aliphatic carbocycles. The zero-order valence-corrected chi connectivity index (χ0v) is 19.8. The molecule has 0 atom stereocenters. The highest BCUT2D eigenvalue weighted by atomic mass is 16.5. The molecule has 0 unspecified atom stereocenters. The minimum absolute atomic E-state index is 0.0524. The van der Waals surface area contributed by atoms with Crippen molar-refractivity contribution in [3.05, 3.63) is 101 Å². The van der Waals surface area contributed by atoms with Crippen LogP contribution >= 0.6 is 0 Å². The molecule has 2 heterocycles. The highest BCUT2D eigenvalue weighted by Crippen LogP contribution is 2.24. The van der Waals surface area contributed by atoms with Crippen LogP contribution in [0, 0.1) is 0 Å². The molecule has 35 heavy (non-hydrogen) atoms. The van der Waals surface area contributed by atoms with E-state index in [0.29, 0.717) is 73.1 Å². The number of benzene rings is 3. The van der Waals surface area contributed by atoms with Gasteiger partial charge in [0.05, 0.1) is 29.7 Å². The second-order valence-electron chi connectivity index (χ2n) is 8.52. The zero-order chi connectivity index (χ0) is 24.2. The maximum Gasteiger partial charge on any atom is 0.266 e. The minimum Gasteiger partial charge on any atom is -0.492 e. The Bertz CT molecular complexity index is 1390. The quantitative estimate of drug-likeness (QED) is 0.431. The molecule has 0 saturated carbocycles. The molecule has 1 saturated heterocycles. The molecular weight excluding hydrogens is 440 g/mol. The summed E-state index contributed by atoms with van der Waals surface area (Å²) in [5.41, 5.74) is 1.95. The van der Waals surface area contributed by atoms with E-state index in [2.05, 4.69) is 4.90 Å². The van der Waals surface area contributed by atoms with Crippen molar-refractivity contribution in [2.75, 3.05) is 32.8 Å². The average molecular weight is 469 g/mol. The predicted molar refractivity (Wildman–Crippen MR) is 136 cm³/mol. The van der Waals surface area contributed by atoms with Crippen LogP contribution in [0.1, 0.15) is 23.1 Å². The SMILES string of the molecule is CCOc1ccccc1-n1c(CN2CCN(C(=O)c3ccccc3)CC2)nc2ccccc2c1=O. The third-order valence-corrected chi connectivity index (χ3v) is 6.30. The van der Waals surface area contributed by atoms with E-state index in [1.807, 2.05) is 90.7 Å². The fourth-order valence-electron chi connectivity index (χ4n) is 4.53. The third-order valence-electron chi connectivity index (χ3n) is 6.30. The predicted octanol–water partition coefficient (Wildman–Crippen LogP) is 3.74. The molecule has 4 aromatic rings. The van der Waals surface area contributed by atoms with Crippen LogP contribution in [0.2, 0.25) is 0 Å². The summed E-state index contributed by atoms with van der Waals surface area (Å²) in [6.45, 7) is 5.58. The Hall–Kier alpha value is -3.97. The van der Waals surface area contributed by atoms with Crippen molar-refractivity contribution in [1.82, 2.24) is 19.4 Å². The number of carbonyl (C=O) groups is 1. The normalized spacial score (nSPS) is 14.3. The van der Waals surface area contributed by atoms with Crippen LogP contribution in [0.25, 0.3) is 16.6 Å². The number of aromatic nitrogens is 2. The number of nitrogens with zero attached hydrogens (tertiary/aromatic N) is 4.